The largest absolute Gasteiger partial charge is 0.351 e. The van der Waals surface area contributed by atoms with Gasteiger partial charge in [-0.2, -0.15) is 0 Å². The van der Waals surface area contributed by atoms with Gasteiger partial charge in [0, 0.05) is 12.6 Å². The molecular formula is C19H28N2O. The molecule has 0 radical (unpaired) electrons. The van der Waals surface area contributed by atoms with E-state index in [1.54, 1.807) is 0 Å². The van der Waals surface area contributed by atoms with Crippen molar-refractivity contribution >= 4 is 5.91 Å². The molecule has 3 N–H and O–H groups in total. The minimum absolute atomic E-state index is 0.147. The molecule has 2 fully saturated rings. The highest BCUT2D eigenvalue weighted by molar-refractivity contribution is 5.89. The van der Waals surface area contributed by atoms with Gasteiger partial charge in [0.2, 0.25) is 5.91 Å². The van der Waals surface area contributed by atoms with Crippen molar-refractivity contribution in [2.75, 3.05) is 6.54 Å². The van der Waals surface area contributed by atoms with E-state index in [9.17, 15) is 4.79 Å². The molecule has 2 aliphatic rings. The summed E-state index contributed by atoms with van der Waals surface area (Å²) in [5, 5.41) is 3.31. The Balaban J connectivity index is 1.71. The maximum Gasteiger partial charge on any atom is 0.230 e. The van der Waals surface area contributed by atoms with Crippen molar-refractivity contribution in [3.05, 3.63) is 35.9 Å². The van der Waals surface area contributed by atoms with Crippen LogP contribution in [0.4, 0.5) is 0 Å². The monoisotopic (exact) mass is 300 g/mol. The van der Waals surface area contributed by atoms with E-state index in [2.05, 4.69) is 17.4 Å². The van der Waals surface area contributed by atoms with Crippen molar-refractivity contribution < 1.29 is 4.79 Å². The highest BCUT2D eigenvalue weighted by Gasteiger charge is 2.46. The minimum Gasteiger partial charge on any atom is -0.351 e. The quantitative estimate of drug-likeness (QED) is 0.878. The van der Waals surface area contributed by atoms with Gasteiger partial charge in [-0.05, 0) is 37.2 Å². The fourth-order valence-corrected chi connectivity index (χ4v) is 4.15. The van der Waals surface area contributed by atoms with Crippen molar-refractivity contribution in [1.29, 1.82) is 0 Å². The fraction of sp³-hybridized carbons (Fsp3) is 0.632. The van der Waals surface area contributed by atoms with E-state index < -0.39 is 0 Å². The molecule has 1 unspecified atom stereocenters. The molecular weight excluding hydrogens is 272 g/mol. The van der Waals surface area contributed by atoms with Gasteiger partial charge in [-0.1, -0.05) is 56.0 Å². The molecule has 3 heteroatoms. The van der Waals surface area contributed by atoms with Gasteiger partial charge in [0.25, 0.3) is 0 Å². The first-order valence-corrected chi connectivity index (χ1v) is 8.83. The minimum atomic E-state index is -0.302. The Bertz CT molecular complexity index is 489. The maximum atomic E-state index is 13.0. The van der Waals surface area contributed by atoms with E-state index in [0.29, 0.717) is 12.5 Å². The summed E-state index contributed by atoms with van der Waals surface area (Å²) in [4.78, 5) is 13.0. The Hall–Kier alpha value is -1.35. The van der Waals surface area contributed by atoms with Crippen LogP contribution in [-0.4, -0.2) is 18.5 Å². The van der Waals surface area contributed by atoms with Crippen molar-refractivity contribution in [2.45, 2.75) is 62.8 Å². The Morgan fingerprint density at radius 1 is 1.14 bits per heavy atom. The Labute approximate surface area is 133 Å². The summed E-state index contributed by atoms with van der Waals surface area (Å²) in [6.07, 6.45) is 9.37. The van der Waals surface area contributed by atoms with E-state index in [-0.39, 0.29) is 17.4 Å². The maximum absolute atomic E-state index is 13.0. The van der Waals surface area contributed by atoms with Crippen molar-refractivity contribution in [1.82, 2.24) is 5.32 Å². The lowest BCUT2D eigenvalue weighted by Gasteiger charge is -2.42. The van der Waals surface area contributed by atoms with Crippen molar-refractivity contribution in [3.63, 3.8) is 0 Å². The molecule has 0 saturated heterocycles. The van der Waals surface area contributed by atoms with Gasteiger partial charge in [0.1, 0.15) is 0 Å². The average molecular weight is 300 g/mol. The molecule has 120 valence electrons. The topological polar surface area (TPSA) is 55.1 Å². The van der Waals surface area contributed by atoms with Crippen molar-refractivity contribution in [2.24, 2.45) is 11.7 Å². The summed E-state index contributed by atoms with van der Waals surface area (Å²) >= 11 is 0. The van der Waals surface area contributed by atoms with E-state index in [1.165, 1.54) is 32.1 Å². The third-order valence-corrected chi connectivity index (χ3v) is 5.76. The molecule has 3 nitrogen and oxygen atoms in total. The first-order valence-electron chi connectivity index (χ1n) is 8.83. The van der Waals surface area contributed by atoms with Gasteiger partial charge in [-0.15, -0.1) is 0 Å². The molecule has 1 atom stereocenters. The van der Waals surface area contributed by atoms with Gasteiger partial charge < -0.3 is 11.1 Å². The average Bonchev–Trinajstić information content (AvgIpc) is 2.53. The zero-order valence-corrected chi connectivity index (χ0v) is 13.4. The van der Waals surface area contributed by atoms with Gasteiger partial charge in [-0.25, -0.2) is 0 Å². The SMILES string of the molecule is NCC(NC(=O)C1(c2ccccc2)CCC1)C1CCCCC1. The van der Waals surface area contributed by atoms with E-state index >= 15 is 0 Å². The second kappa shape index (κ2) is 6.82. The Kier molecular flexibility index (Phi) is 4.82. The standard InChI is InChI=1S/C19H28N2O/c20-14-17(15-8-3-1-4-9-15)21-18(22)19(12-7-13-19)16-10-5-2-6-11-16/h2,5-6,10-11,15,17H,1,3-4,7-9,12-14,20H2,(H,21,22). The molecule has 2 aliphatic carbocycles. The number of rotatable bonds is 5. The number of nitrogens with one attached hydrogen (secondary N) is 1. The molecule has 0 aliphatic heterocycles. The molecule has 1 aromatic rings. The normalized spacial score (nSPS) is 22.6. The van der Waals surface area contributed by atoms with E-state index in [1.807, 2.05) is 18.2 Å². The van der Waals surface area contributed by atoms with Crippen LogP contribution in [0, 0.1) is 5.92 Å². The van der Waals surface area contributed by atoms with E-state index in [4.69, 9.17) is 5.73 Å². The molecule has 22 heavy (non-hydrogen) atoms. The summed E-state index contributed by atoms with van der Waals surface area (Å²) < 4.78 is 0. The zero-order chi connectivity index (χ0) is 15.4. The molecule has 3 rings (SSSR count). The Morgan fingerprint density at radius 3 is 2.36 bits per heavy atom. The van der Waals surface area contributed by atoms with E-state index in [0.717, 1.165) is 24.8 Å². The molecule has 0 bridgehead atoms. The highest BCUT2D eigenvalue weighted by atomic mass is 16.2. The fourth-order valence-electron chi connectivity index (χ4n) is 4.15. The van der Waals surface area contributed by atoms with Crippen LogP contribution in [0.25, 0.3) is 0 Å². The predicted molar refractivity (Wildman–Crippen MR) is 89.5 cm³/mol. The van der Waals surface area contributed by atoms with Crippen LogP contribution in [0.1, 0.15) is 56.9 Å². The number of amides is 1. The van der Waals surface area contributed by atoms with Crippen LogP contribution in [0.2, 0.25) is 0 Å². The second-order valence-corrected chi connectivity index (χ2v) is 7.02. The lowest BCUT2D eigenvalue weighted by Crippen LogP contribution is -2.55. The van der Waals surface area contributed by atoms with Crippen LogP contribution in [0.5, 0.6) is 0 Å². The molecule has 1 amide bonds. The molecule has 1 aromatic carbocycles. The van der Waals surface area contributed by atoms with Gasteiger partial charge in [0.05, 0.1) is 5.41 Å². The number of carbonyl (C=O) groups excluding carboxylic acids is 1. The van der Waals surface area contributed by atoms with Gasteiger partial charge >= 0.3 is 0 Å². The van der Waals surface area contributed by atoms with Crippen LogP contribution in [0.3, 0.4) is 0 Å². The van der Waals surface area contributed by atoms with Gasteiger partial charge in [-0.3, -0.25) is 4.79 Å². The number of benzene rings is 1. The lowest BCUT2D eigenvalue weighted by atomic mass is 9.63. The third kappa shape index (κ3) is 2.91. The number of carbonyl (C=O) groups is 1. The summed E-state index contributed by atoms with van der Waals surface area (Å²) in [5.41, 5.74) is 6.84. The van der Waals surface area contributed by atoms with Crippen molar-refractivity contribution in [3.8, 4) is 0 Å². The third-order valence-electron chi connectivity index (χ3n) is 5.76. The second-order valence-electron chi connectivity index (χ2n) is 7.02. The number of hydrogen-bond acceptors (Lipinski definition) is 2. The van der Waals surface area contributed by atoms with Crippen LogP contribution >= 0.6 is 0 Å². The summed E-state index contributed by atoms with van der Waals surface area (Å²) in [6, 6.07) is 10.4. The predicted octanol–water partition coefficient (Wildman–Crippen LogP) is 3.13. The zero-order valence-electron chi connectivity index (χ0n) is 13.4. The number of nitrogens with two attached hydrogens (primary N) is 1. The first kappa shape index (κ1) is 15.5. The molecule has 0 heterocycles. The first-order chi connectivity index (χ1) is 10.8. The summed E-state index contributed by atoms with van der Waals surface area (Å²) in [7, 11) is 0. The molecule has 0 spiro atoms. The summed E-state index contributed by atoms with van der Waals surface area (Å²) in [6.45, 7) is 0.557. The number of hydrogen-bond donors (Lipinski definition) is 2. The van der Waals surface area contributed by atoms with Crippen LogP contribution < -0.4 is 11.1 Å². The van der Waals surface area contributed by atoms with Crippen LogP contribution in [0.15, 0.2) is 30.3 Å². The smallest absolute Gasteiger partial charge is 0.230 e. The Morgan fingerprint density at radius 2 is 1.82 bits per heavy atom. The molecule has 2 saturated carbocycles. The highest BCUT2D eigenvalue weighted by Crippen LogP contribution is 2.44. The van der Waals surface area contributed by atoms with Gasteiger partial charge in [0.15, 0.2) is 0 Å². The lowest BCUT2D eigenvalue weighted by molar-refractivity contribution is -0.131. The van der Waals surface area contributed by atoms with Crippen LogP contribution in [-0.2, 0) is 10.2 Å². The summed E-state index contributed by atoms with van der Waals surface area (Å²) in [5.74, 6) is 0.765. The molecule has 0 aromatic heterocycles.